The van der Waals surface area contributed by atoms with Crippen LogP contribution >= 0.6 is 0 Å². The van der Waals surface area contributed by atoms with Gasteiger partial charge >= 0.3 is 0 Å². The van der Waals surface area contributed by atoms with Gasteiger partial charge in [0.05, 0.1) is 16.9 Å². The molecule has 0 atom stereocenters. The summed E-state index contributed by atoms with van der Waals surface area (Å²) in [5.41, 5.74) is 8.61. The summed E-state index contributed by atoms with van der Waals surface area (Å²) in [7, 11) is 0. The smallest absolute Gasteiger partial charge is 0.274 e. The number of amides is 1. The Morgan fingerprint density at radius 2 is 1.72 bits per heavy atom. The van der Waals surface area contributed by atoms with Crippen molar-refractivity contribution < 1.29 is 9.53 Å². The number of nitrogens with zero attached hydrogens (tertiary/aromatic N) is 4. The summed E-state index contributed by atoms with van der Waals surface area (Å²) in [6.07, 6.45) is 5.68. The molecule has 2 aromatic heterocycles. The van der Waals surface area contributed by atoms with Crippen molar-refractivity contribution in [3.63, 3.8) is 0 Å². The van der Waals surface area contributed by atoms with Gasteiger partial charge in [0.1, 0.15) is 23.3 Å². The first-order chi connectivity index (χ1) is 15.6. The normalized spacial score (nSPS) is 14.0. The Hall–Kier alpha value is -3.91. The van der Waals surface area contributed by atoms with Gasteiger partial charge < -0.3 is 10.5 Å². The molecule has 4 aromatic rings. The number of para-hydroxylation sites is 1. The first-order valence-electron chi connectivity index (χ1n) is 10.7. The zero-order valence-electron chi connectivity index (χ0n) is 17.5. The molecule has 1 aliphatic carbocycles. The quantitative estimate of drug-likeness (QED) is 0.279. The van der Waals surface area contributed by atoms with Crippen molar-refractivity contribution in [2.24, 2.45) is 5.84 Å². The molecule has 0 unspecified atom stereocenters. The predicted molar refractivity (Wildman–Crippen MR) is 123 cm³/mol. The highest BCUT2D eigenvalue weighted by atomic mass is 16.5. The van der Waals surface area contributed by atoms with Crippen molar-refractivity contribution >= 4 is 22.9 Å². The number of hydrogen-bond donors (Lipinski definition) is 2. The number of hydrazine groups is 1. The van der Waals surface area contributed by atoms with E-state index < -0.39 is 0 Å². The van der Waals surface area contributed by atoms with E-state index in [1.165, 1.54) is 6.33 Å². The lowest BCUT2D eigenvalue weighted by molar-refractivity contribution is 0.0985. The van der Waals surface area contributed by atoms with Crippen molar-refractivity contribution in [3.8, 4) is 11.5 Å². The van der Waals surface area contributed by atoms with E-state index in [-0.39, 0.29) is 11.8 Å². The number of anilines is 2. The largest absolute Gasteiger partial charge is 0.457 e. The third-order valence-electron chi connectivity index (χ3n) is 5.92. The monoisotopic (exact) mass is 428 g/mol. The van der Waals surface area contributed by atoms with Gasteiger partial charge in [0.2, 0.25) is 0 Å². The van der Waals surface area contributed by atoms with Gasteiger partial charge in [-0.2, -0.15) is 5.10 Å². The van der Waals surface area contributed by atoms with E-state index in [9.17, 15) is 4.79 Å². The van der Waals surface area contributed by atoms with Gasteiger partial charge in [0.25, 0.3) is 5.91 Å². The standard InChI is InChI=1S/C24H24N6O2/c25-23-21-14-20(22(16-6-4-5-7-16)30(21)28-15-27-23)24(31)29(26)17-10-12-19(13-11-17)32-18-8-2-1-3-9-18/h1-3,8-16H,4-7,26H2,(H2,25,27,28). The molecular formula is C24H24N6O2. The first-order valence-corrected chi connectivity index (χ1v) is 10.7. The van der Waals surface area contributed by atoms with E-state index >= 15 is 0 Å². The Morgan fingerprint density at radius 1 is 1.03 bits per heavy atom. The number of hydrogen-bond acceptors (Lipinski definition) is 6. The first kappa shape index (κ1) is 20.0. The number of nitrogen functional groups attached to an aromatic ring is 1. The Kier molecular flexibility index (Phi) is 5.20. The van der Waals surface area contributed by atoms with Gasteiger partial charge in [0.15, 0.2) is 5.82 Å². The fourth-order valence-corrected chi connectivity index (χ4v) is 4.34. The van der Waals surface area contributed by atoms with Gasteiger partial charge in [-0.05, 0) is 55.3 Å². The van der Waals surface area contributed by atoms with Crippen molar-refractivity contribution in [1.29, 1.82) is 0 Å². The van der Waals surface area contributed by atoms with Crippen molar-refractivity contribution in [2.75, 3.05) is 10.7 Å². The zero-order chi connectivity index (χ0) is 22.1. The van der Waals surface area contributed by atoms with Crippen LogP contribution in [0.1, 0.15) is 47.7 Å². The second-order valence-corrected chi connectivity index (χ2v) is 7.95. The topological polar surface area (TPSA) is 112 Å². The molecule has 1 fully saturated rings. The third kappa shape index (κ3) is 3.65. The number of nitrogens with two attached hydrogens (primary N) is 2. The molecule has 1 saturated carbocycles. The SMILES string of the molecule is Nc1ncnn2c(C3CCCC3)c(C(=O)N(N)c3ccc(Oc4ccccc4)cc3)cc12. The Morgan fingerprint density at radius 3 is 2.44 bits per heavy atom. The summed E-state index contributed by atoms with van der Waals surface area (Å²) >= 11 is 0. The second-order valence-electron chi connectivity index (χ2n) is 7.95. The van der Waals surface area contributed by atoms with E-state index in [1.807, 2.05) is 30.3 Å². The van der Waals surface area contributed by atoms with Crippen molar-refractivity contribution in [2.45, 2.75) is 31.6 Å². The van der Waals surface area contributed by atoms with Gasteiger partial charge in [-0.3, -0.25) is 4.79 Å². The minimum atomic E-state index is -0.312. The molecule has 0 bridgehead atoms. The number of ether oxygens (including phenoxy) is 1. The number of fused-ring (bicyclic) bond motifs is 1. The van der Waals surface area contributed by atoms with Crippen molar-refractivity contribution in [3.05, 3.63) is 78.2 Å². The fourth-order valence-electron chi connectivity index (χ4n) is 4.34. The average molecular weight is 428 g/mol. The minimum Gasteiger partial charge on any atom is -0.457 e. The number of rotatable bonds is 5. The number of carbonyl (C=O) groups excluding carboxylic acids is 1. The van der Waals surface area contributed by atoms with Crippen LogP contribution in [-0.2, 0) is 0 Å². The van der Waals surface area contributed by atoms with Gasteiger partial charge in [-0.25, -0.2) is 20.4 Å². The molecule has 2 heterocycles. The molecule has 0 aliphatic heterocycles. The van der Waals surface area contributed by atoms with Crippen LogP contribution in [0.2, 0.25) is 0 Å². The minimum absolute atomic E-state index is 0.237. The van der Waals surface area contributed by atoms with Gasteiger partial charge in [-0.15, -0.1) is 0 Å². The molecular weight excluding hydrogens is 404 g/mol. The average Bonchev–Trinajstić information content (AvgIpc) is 3.48. The van der Waals surface area contributed by atoms with Crippen LogP contribution in [0.3, 0.4) is 0 Å². The summed E-state index contributed by atoms with van der Waals surface area (Å²) < 4.78 is 7.57. The van der Waals surface area contributed by atoms with E-state index in [0.717, 1.165) is 42.1 Å². The van der Waals surface area contributed by atoms with Crippen LogP contribution in [0, 0.1) is 0 Å². The molecule has 0 spiro atoms. The van der Waals surface area contributed by atoms with Crippen molar-refractivity contribution in [1.82, 2.24) is 14.6 Å². The molecule has 2 aromatic carbocycles. The lowest BCUT2D eigenvalue weighted by Crippen LogP contribution is -2.38. The Labute approximate surface area is 185 Å². The fraction of sp³-hybridized carbons (Fsp3) is 0.208. The highest BCUT2D eigenvalue weighted by molar-refractivity contribution is 6.07. The maximum absolute atomic E-state index is 13.4. The molecule has 1 aliphatic rings. The Bertz CT molecular complexity index is 1250. The van der Waals surface area contributed by atoms with E-state index in [4.69, 9.17) is 16.3 Å². The van der Waals surface area contributed by atoms with E-state index in [1.54, 1.807) is 34.8 Å². The molecule has 8 heteroatoms. The van der Waals surface area contributed by atoms with Crippen LogP contribution in [0.5, 0.6) is 11.5 Å². The summed E-state index contributed by atoms with van der Waals surface area (Å²) in [5, 5.41) is 5.53. The molecule has 8 nitrogen and oxygen atoms in total. The molecule has 1 amide bonds. The van der Waals surface area contributed by atoms with Crippen LogP contribution in [0.25, 0.3) is 5.52 Å². The maximum atomic E-state index is 13.4. The summed E-state index contributed by atoms with van der Waals surface area (Å²) in [5.74, 6) is 7.92. The number of benzene rings is 2. The van der Waals surface area contributed by atoms with E-state index in [2.05, 4.69) is 10.1 Å². The third-order valence-corrected chi connectivity index (χ3v) is 5.92. The molecule has 0 radical (unpaired) electrons. The number of carbonyl (C=O) groups is 1. The van der Waals surface area contributed by atoms with Gasteiger partial charge in [0, 0.05) is 5.92 Å². The summed E-state index contributed by atoms with van der Waals surface area (Å²) in [4.78, 5) is 17.5. The second kappa shape index (κ2) is 8.32. The van der Waals surface area contributed by atoms with Crippen LogP contribution in [0.15, 0.2) is 67.0 Å². The van der Waals surface area contributed by atoms with Crippen LogP contribution in [0.4, 0.5) is 11.5 Å². The van der Waals surface area contributed by atoms with E-state index in [0.29, 0.717) is 28.3 Å². The van der Waals surface area contributed by atoms with Crippen LogP contribution in [-0.4, -0.2) is 20.5 Å². The Balaban J connectivity index is 1.45. The highest BCUT2D eigenvalue weighted by Crippen LogP contribution is 2.38. The predicted octanol–water partition coefficient (Wildman–Crippen LogP) is 4.28. The molecule has 4 N–H and O–H groups in total. The summed E-state index contributed by atoms with van der Waals surface area (Å²) in [6.45, 7) is 0. The lowest BCUT2D eigenvalue weighted by atomic mass is 10.00. The zero-order valence-corrected chi connectivity index (χ0v) is 17.5. The molecule has 0 saturated heterocycles. The van der Waals surface area contributed by atoms with Gasteiger partial charge in [-0.1, -0.05) is 31.0 Å². The molecule has 5 rings (SSSR count). The highest BCUT2D eigenvalue weighted by Gasteiger charge is 2.30. The van der Waals surface area contributed by atoms with Crippen LogP contribution < -0.4 is 21.3 Å². The molecule has 162 valence electrons. The summed E-state index contributed by atoms with van der Waals surface area (Å²) in [6, 6.07) is 18.3. The number of aromatic nitrogens is 3. The maximum Gasteiger partial charge on any atom is 0.274 e. The lowest BCUT2D eigenvalue weighted by Gasteiger charge is -2.19. The molecule has 32 heavy (non-hydrogen) atoms.